The molecule has 2 aromatic rings. The lowest BCUT2D eigenvalue weighted by Crippen LogP contribution is -2.38. The van der Waals surface area contributed by atoms with Crippen molar-refractivity contribution >= 4 is 17.5 Å². The number of carbonyl (C=O) groups excluding carboxylic acids is 1. The van der Waals surface area contributed by atoms with Crippen molar-refractivity contribution in [2.75, 3.05) is 18.4 Å². The van der Waals surface area contributed by atoms with Gasteiger partial charge in [0.1, 0.15) is 0 Å². The minimum Gasteiger partial charge on any atom is -0.343 e. The Kier molecular flexibility index (Phi) is 5.88. The fourth-order valence-electron chi connectivity index (χ4n) is 4.28. The standard InChI is InChI=1S/C23H29N5O/c1-16-13-17(2)26-23(25-16)27-20-7-8-21(24-15-20)19-9-11-28(12-10-19)22(29)14-18-5-3-4-6-18/h3,5,7-8,13,15,18-19H,4,6,9-12,14H2,1-2H3,(H,25,26,27)/t18-/m0/s1. The molecule has 2 aliphatic rings. The van der Waals surface area contributed by atoms with Gasteiger partial charge in [-0.3, -0.25) is 9.78 Å². The summed E-state index contributed by atoms with van der Waals surface area (Å²) in [5.41, 5.74) is 3.86. The lowest BCUT2D eigenvalue weighted by atomic mass is 9.92. The van der Waals surface area contributed by atoms with Crippen LogP contribution in [0.5, 0.6) is 0 Å². The van der Waals surface area contributed by atoms with Crippen molar-refractivity contribution in [3.8, 4) is 0 Å². The van der Waals surface area contributed by atoms with Crippen LogP contribution in [0.4, 0.5) is 11.6 Å². The molecule has 6 nitrogen and oxygen atoms in total. The molecular weight excluding hydrogens is 362 g/mol. The largest absolute Gasteiger partial charge is 0.343 e. The Balaban J connectivity index is 1.30. The molecule has 2 aromatic heterocycles. The molecule has 6 heteroatoms. The van der Waals surface area contributed by atoms with Gasteiger partial charge < -0.3 is 10.2 Å². The summed E-state index contributed by atoms with van der Waals surface area (Å²) in [6.07, 6.45) is 11.1. The lowest BCUT2D eigenvalue weighted by molar-refractivity contribution is -0.132. The maximum atomic E-state index is 12.5. The Morgan fingerprint density at radius 2 is 1.90 bits per heavy atom. The van der Waals surface area contributed by atoms with Crippen LogP contribution >= 0.6 is 0 Å². The van der Waals surface area contributed by atoms with Crippen LogP contribution in [0.2, 0.25) is 0 Å². The zero-order valence-corrected chi connectivity index (χ0v) is 17.3. The molecule has 0 saturated carbocycles. The van der Waals surface area contributed by atoms with Gasteiger partial charge in [0, 0.05) is 42.5 Å². The maximum absolute atomic E-state index is 12.5. The Hall–Kier alpha value is -2.76. The first kappa shape index (κ1) is 19.6. The fraction of sp³-hybridized carbons (Fsp3) is 0.478. The first-order valence-corrected chi connectivity index (χ1v) is 10.6. The van der Waals surface area contributed by atoms with Crippen molar-refractivity contribution < 1.29 is 4.79 Å². The highest BCUT2D eigenvalue weighted by molar-refractivity contribution is 5.76. The molecule has 0 aromatic carbocycles. The molecule has 0 unspecified atom stereocenters. The molecule has 1 saturated heterocycles. The van der Waals surface area contributed by atoms with Crippen LogP contribution in [-0.2, 0) is 4.79 Å². The number of hydrogen-bond acceptors (Lipinski definition) is 5. The van der Waals surface area contributed by atoms with Crippen molar-refractivity contribution in [2.24, 2.45) is 5.92 Å². The summed E-state index contributed by atoms with van der Waals surface area (Å²) in [7, 11) is 0. The van der Waals surface area contributed by atoms with Gasteiger partial charge in [0.25, 0.3) is 0 Å². The molecular formula is C23H29N5O. The van der Waals surface area contributed by atoms with Crippen molar-refractivity contribution in [1.29, 1.82) is 0 Å². The second-order valence-corrected chi connectivity index (χ2v) is 8.20. The van der Waals surface area contributed by atoms with Gasteiger partial charge in [0.15, 0.2) is 0 Å². The van der Waals surface area contributed by atoms with E-state index in [2.05, 4.69) is 38.5 Å². The molecule has 1 amide bonds. The second kappa shape index (κ2) is 8.72. The summed E-state index contributed by atoms with van der Waals surface area (Å²) >= 11 is 0. The minimum absolute atomic E-state index is 0.306. The van der Waals surface area contributed by atoms with Crippen molar-refractivity contribution in [3.63, 3.8) is 0 Å². The summed E-state index contributed by atoms with van der Waals surface area (Å²) in [5, 5.41) is 3.23. The van der Waals surface area contributed by atoms with Crippen molar-refractivity contribution in [3.05, 3.63) is 53.6 Å². The molecule has 0 spiro atoms. The van der Waals surface area contributed by atoms with Crippen LogP contribution in [0.1, 0.15) is 55.1 Å². The highest BCUT2D eigenvalue weighted by Crippen LogP contribution is 2.29. The number of nitrogens with zero attached hydrogens (tertiary/aromatic N) is 4. The third-order valence-corrected chi connectivity index (χ3v) is 5.84. The molecule has 1 aliphatic carbocycles. The average molecular weight is 392 g/mol. The number of hydrogen-bond donors (Lipinski definition) is 1. The summed E-state index contributed by atoms with van der Waals surface area (Å²) in [6.45, 7) is 5.58. The number of carbonyl (C=O) groups is 1. The van der Waals surface area contributed by atoms with Crippen LogP contribution in [0, 0.1) is 19.8 Å². The SMILES string of the molecule is Cc1cc(C)nc(Nc2ccc(C3CCN(C(=O)C[C@H]4C=CCC4)CC3)nc2)n1. The molecule has 3 heterocycles. The van der Waals surface area contributed by atoms with E-state index in [0.717, 1.165) is 61.5 Å². The number of anilines is 2. The normalized spacial score (nSPS) is 19.5. The Bertz CT molecular complexity index is 864. The monoisotopic (exact) mass is 391 g/mol. The number of pyridine rings is 1. The third-order valence-electron chi connectivity index (χ3n) is 5.84. The molecule has 0 bridgehead atoms. The molecule has 1 aliphatic heterocycles. The van der Waals surface area contributed by atoms with Gasteiger partial charge in [0.2, 0.25) is 11.9 Å². The van der Waals surface area contributed by atoms with Crippen LogP contribution in [0.3, 0.4) is 0 Å². The van der Waals surface area contributed by atoms with Crippen LogP contribution < -0.4 is 5.32 Å². The minimum atomic E-state index is 0.306. The number of aryl methyl sites for hydroxylation is 2. The van der Waals surface area contributed by atoms with E-state index in [9.17, 15) is 4.79 Å². The van der Waals surface area contributed by atoms with Gasteiger partial charge >= 0.3 is 0 Å². The number of amides is 1. The predicted octanol–water partition coefficient (Wildman–Crippen LogP) is 4.29. The first-order valence-electron chi connectivity index (χ1n) is 10.6. The molecule has 152 valence electrons. The number of rotatable bonds is 5. The fourth-order valence-corrected chi connectivity index (χ4v) is 4.28. The predicted molar refractivity (Wildman–Crippen MR) is 114 cm³/mol. The summed E-state index contributed by atoms with van der Waals surface area (Å²) in [5.74, 6) is 1.77. The van der Waals surface area contributed by atoms with E-state index in [0.29, 0.717) is 30.1 Å². The van der Waals surface area contributed by atoms with Gasteiger partial charge in [0.05, 0.1) is 11.9 Å². The van der Waals surface area contributed by atoms with E-state index >= 15 is 0 Å². The van der Waals surface area contributed by atoms with Gasteiger partial charge in [-0.2, -0.15) is 0 Å². The second-order valence-electron chi connectivity index (χ2n) is 8.20. The number of aromatic nitrogens is 3. The van der Waals surface area contributed by atoms with Crippen LogP contribution in [0.25, 0.3) is 0 Å². The summed E-state index contributed by atoms with van der Waals surface area (Å²) in [4.78, 5) is 28.0. The van der Waals surface area contributed by atoms with Crippen LogP contribution in [-0.4, -0.2) is 38.8 Å². The van der Waals surface area contributed by atoms with E-state index in [1.54, 1.807) is 0 Å². The quantitative estimate of drug-likeness (QED) is 0.770. The Morgan fingerprint density at radius 3 is 2.52 bits per heavy atom. The molecule has 1 N–H and O–H groups in total. The van der Waals surface area contributed by atoms with E-state index in [4.69, 9.17) is 0 Å². The van der Waals surface area contributed by atoms with Crippen LogP contribution in [0.15, 0.2) is 36.5 Å². The van der Waals surface area contributed by atoms with Gasteiger partial charge in [-0.15, -0.1) is 0 Å². The zero-order chi connectivity index (χ0) is 20.2. The van der Waals surface area contributed by atoms with Gasteiger partial charge in [-0.05, 0) is 63.6 Å². The van der Waals surface area contributed by atoms with Crippen molar-refractivity contribution in [2.45, 2.75) is 51.9 Å². The number of piperidine rings is 1. The summed E-state index contributed by atoms with van der Waals surface area (Å²) < 4.78 is 0. The van der Waals surface area contributed by atoms with E-state index < -0.39 is 0 Å². The smallest absolute Gasteiger partial charge is 0.227 e. The number of allylic oxidation sites excluding steroid dienone is 2. The topological polar surface area (TPSA) is 71.0 Å². The lowest BCUT2D eigenvalue weighted by Gasteiger charge is -2.32. The first-order chi connectivity index (χ1) is 14.1. The van der Waals surface area contributed by atoms with Gasteiger partial charge in [-0.1, -0.05) is 12.2 Å². The molecule has 1 fully saturated rings. The Morgan fingerprint density at radius 1 is 1.14 bits per heavy atom. The third kappa shape index (κ3) is 5.00. The van der Waals surface area contributed by atoms with E-state index in [-0.39, 0.29) is 0 Å². The number of likely N-dealkylation sites (tertiary alicyclic amines) is 1. The highest BCUT2D eigenvalue weighted by atomic mass is 16.2. The van der Waals surface area contributed by atoms with E-state index in [1.165, 1.54) is 0 Å². The summed E-state index contributed by atoms with van der Waals surface area (Å²) in [6, 6.07) is 6.07. The average Bonchev–Trinajstić information content (AvgIpc) is 3.21. The zero-order valence-electron chi connectivity index (χ0n) is 17.3. The molecule has 1 atom stereocenters. The van der Waals surface area contributed by atoms with E-state index in [1.807, 2.05) is 37.1 Å². The van der Waals surface area contributed by atoms with Gasteiger partial charge in [-0.25, -0.2) is 9.97 Å². The Labute approximate surface area is 172 Å². The molecule has 4 rings (SSSR count). The number of nitrogens with one attached hydrogen (secondary N) is 1. The molecule has 29 heavy (non-hydrogen) atoms. The highest BCUT2D eigenvalue weighted by Gasteiger charge is 2.26. The van der Waals surface area contributed by atoms with Crippen molar-refractivity contribution in [1.82, 2.24) is 19.9 Å². The molecule has 0 radical (unpaired) electrons. The maximum Gasteiger partial charge on any atom is 0.227 e.